The van der Waals surface area contributed by atoms with E-state index in [1.807, 2.05) is 31.2 Å². The van der Waals surface area contributed by atoms with Crippen molar-refractivity contribution in [1.82, 2.24) is 20.3 Å². The minimum absolute atomic E-state index is 0.187. The van der Waals surface area contributed by atoms with Crippen LogP contribution in [0, 0.1) is 6.92 Å². The number of imidazole rings is 1. The Kier molecular flexibility index (Phi) is 4.64. The maximum absolute atomic E-state index is 12.4. The number of H-pyrrole nitrogens is 1. The van der Waals surface area contributed by atoms with E-state index in [9.17, 15) is 4.79 Å². The van der Waals surface area contributed by atoms with E-state index in [0.29, 0.717) is 46.4 Å². The van der Waals surface area contributed by atoms with Gasteiger partial charge in [-0.3, -0.25) is 4.79 Å². The zero-order valence-corrected chi connectivity index (χ0v) is 15.4. The lowest BCUT2D eigenvalue weighted by atomic mass is 10.1. The molecule has 0 aliphatic carbocycles. The Balaban J connectivity index is 1.48. The molecule has 4 aromatic rings. The number of nitrogens with zero attached hydrogens (tertiary/aromatic N) is 2. The molecule has 7 heteroatoms. The summed E-state index contributed by atoms with van der Waals surface area (Å²) in [5, 5.41) is 3.53. The van der Waals surface area contributed by atoms with Crippen molar-refractivity contribution in [2.45, 2.75) is 19.9 Å². The second kappa shape index (κ2) is 7.25. The number of halogens is 1. The number of carbonyl (C=O) groups is 1. The van der Waals surface area contributed by atoms with Crippen molar-refractivity contribution in [2.75, 3.05) is 0 Å². The van der Waals surface area contributed by atoms with E-state index < -0.39 is 0 Å². The molecule has 0 unspecified atom stereocenters. The number of nitrogens with one attached hydrogen (secondary N) is 2. The van der Waals surface area contributed by atoms with Gasteiger partial charge >= 0.3 is 0 Å². The molecule has 0 aliphatic rings. The Morgan fingerprint density at radius 3 is 2.78 bits per heavy atom. The summed E-state index contributed by atoms with van der Waals surface area (Å²) in [5.41, 5.74) is 3.84. The van der Waals surface area contributed by atoms with Gasteiger partial charge in [0.15, 0.2) is 11.5 Å². The maximum atomic E-state index is 12.4. The minimum Gasteiger partial charge on any atom is -0.440 e. The van der Waals surface area contributed by atoms with E-state index in [1.165, 1.54) is 0 Å². The standard InChI is InChI=1S/C20H17ClN4O2/c1-12-10-22-18(24-12)11-23-20(26)14-4-7-17-16(9-14)25-19(27-17)8-13-2-5-15(21)6-3-13/h2-7,9-10H,8,11H2,1H3,(H,22,24)(H,23,26). The quantitative estimate of drug-likeness (QED) is 0.547. The zero-order chi connectivity index (χ0) is 18.8. The van der Waals surface area contributed by atoms with Gasteiger partial charge in [-0.25, -0.2) is 9.97 Å². The number of aromatic amines is 1. The predicted molar refractivity (Wildman–Crippen MR) is 103 cm³/mol. The molecule has 2 aromatic carbocycles. The van der Waals surface area contributed by atoms with E-state index in [0.717, 1.165) is 11.3 Å². The van der Waals surface area contributed by atoms with E-state index in [1.54, 1.807) is 24.4 Å². The van der Waals surface area contributed by atoms with Crippen molar-refractivity contribution in [3.05, 3.63) is 82.2 Å². The van der Waals surface area contributed by atoms with Crippen LogP contribution in [0.4, 0.5) is 0 Å². The highest BCUT2D eigenvalue weighted by atomic mass is 35.5. The van der Waals surface area contributed by atoms with E-state index in [4.69, 9.17) is 16.0 Å². The molecule has 0 bridgehead atoms. The summed E-state index contributed by atoms with van der Waals surface area (Å²) in [5.74, 6) is 1.12. The molecule has 0 radical (unpaired) electrons. The number of fused-ring (bicyclic) bond motifs is 1. The van der Waals surface area contributed by atoms with E-state index in [2.05, 4.69) is 20.3 Å². The zero-order valence-electron chi connectivity index (χ0n) is 14.6. The van der Waals surface area contributed by atoms with Crippen molar-refractivity contribution < 1.29 is 9.21 Å². The fraction of sp³-hybridized carbons (Fsp3) is 0.150. The van der Waals surface area contributed by atoms with Crippen LogP contribution in [0.25, 0.3) is 11.1 Å². The number of rotatable bonds is 5. The van der Waals surface area contributed by atoms with Gasteiger partial charge in [0.1, 0.15) is 11.3 Å². The molecule has 0 atom stereocenters. The Bertz CT molecular complexity index is 1100. The van der Waals surface area contributed by atoms with Gasteiger partial charge in [0.25, 0.3) is 5.91 Å². The fourth-order valence-corrected chi connectivity index (χ4v) is 2.92. The number of oxazole rings is 1. The van der Waals surface area contributed by atoms with Gasteiger partial charge in [0.2, 0.25) is 0 Å². The molecule has 0 aliphatic heterocycles. The molecule has 27 heavy (non-hydrogen) atoms. The molecule has 0 saturated heterocycles. The SMILES string of the molecule is Cc1cnc(CNC(=O)c2ccc3oc(Cc4ccc(Cl)cc4)nc3c2)[nH]1. The molecule has 1 amide bonds. The molecule has 4 rings (SSSR count). The summed E-state index contributed by atoms with van der Waals surface area (Å²) >= 11 is 5.91. The Morgan fingerprint density at radius 1 is 1.22 bits per heavy atom. The van der Waals surface area contributed by atoms with Crippen LogP contribution in [0.3, 0.4) is 0 Å². The van der Waals surface area contributed by atoms with Gasteiger partial charge in [0.05, 0.1) is 6.54 Å². The summed E-state index contributed by atoms with van der Waals surface area (Å²) < 4.78 is 5.78. The van der Waals surface area contributed by atoms with Crippen LogP contribution in [0.5, 0.6) is 0 Å². The molecular weight excluding hydrogens is 364 g/mol. The average molecular weight is 381 g/mol. The smallest absolute Gasteiger partial charge is 0.251 e. The number of hydrogen-bond donors (Lipinski definition) is 2. The van der Waals surface area contributed by atoms with Crippen LogP contribution in [-0.4, -0.2) is 20.9 Å². The molecule has 2 aromatic heterocycles. The van der Waals surface area contributed by atoms with Gasteiger partial charge in [0, 0.05) is 28.9 Å². The first-order chi connectivity index (χ1) is 13.1. The van der Waals surface area contributed by atoms with Crippen LogP contribution < -0.4 is 5.32 Å². The molecule has 2 N–H and O–H groups in total. The average Bonchev–Trinajstić information content (AvgIpc) is 3.26. The van der Waals surface area contributed by atoms with Crippen LogP contribution in [-0.2, 0) is 13.0 Å². The van der Waals surface area contributed by atoms with Crippen molar-refractivity contribution in [1.29, 1.82) is 0 Å². The number of benzene rings is 2. The maximum Gasteiger partial charge on any atom is 0.251 e. The van der Waals surface area contributed by atoms with Crippen LogP contribution in [0.15, 0.2) is 53.1 Å². The van der Waals surface area contributed by atoms with Gasteiger partial charge in [-0.05, 0) is 42.8 Å². The molecule has 136 valence electrons. The fourth-order valence-electron chi connectivity index (χ4n) is 2.79. The third-order valence-electron chi connectivity index (χ3n) is 4.13. The Morgan fingerprint density at radius 2 is 2.04 bits per heavy atom. The molecular formula is C20H17ClN4O2. The van der Waals surface area contributed by atoms with E-state index >= 15 is 0 Å². The van der Waals surface area contributed by atoms with Gasteiger partial charge in [-0.1, -0.05) is 23.7 Å². The third kappa shape index (κ3) is 4.01. The first-order valence-corrected chi connectivity index (χ1v) is 8.87. The highest BCUT2D eigenvalue weighted by Gasteiger charge is 2.12. The second-order valence-corrected chi connectivity index (χ2v) is 6.73. The lowest BCUT2D eigenvalue weighted by Gasteiger charge is -2.03. The lowest BCUT2D eigenvalue weighted by Crippen LogP contribution is -2.23. The first kappa shape index (κ1) is 17.3. The lowest BCUT2D eigenvalue weighted by molar-refractivity contribution is 0.0950. The number of amides is 1. The number of hydrogen-bond acceptors (Lipinski definition) is 4. The van der Waals surface area contributed by atoms with Crippen LogP contribution >= 0.6 is 11.6 Å². The summed E-state index contributed by atoms with van der Waals surface area (Å²) in [7, 11) is 0. The minimum atomic E-state index is -0.187. The van der Waals surface area contributed by atoms with Gasteiger partial charge in [-0.2, -0.15) is 0 Å². The van der Waals surface area contributed by atoms with Crippen molar-refractivity contribution in [2.24, 2.45) is 0 Å². The van der Waals surface area contributed by atoms with Gasteiger partial charge < -0.3 is 14.7 Å². The normalized spacial score (nSPS) is 11.0. The van der Waals surface area contributed by atoms with E-state index in [-0.39, 0.29) is 5.91 Å². The van der Waals surface area contributed by atoms with Gasteiger partial charge in [-0.15, -0.1) is 0 Å². The molecule has 0 fully saturated rings. The predicted octanol–water partition coefficient (Wildman–Crippen LogP) is 4.03. The largest absolute Gasteiger partial charge is 0.440 e. The third-order valence-corrected chi connectivity index (χ3v) is 4.39. The Hall–Kier alpha value is -3.12. The topological polar surface area (TPSA) is 83.8 Å². The monoisotopic (exact) mass is 380 g/mol. The second-order valence-electron chi connectivity index (χ2n) is 6.29. The molecule has 2 heterocycles. The summed E-state index contributed by atoms with van der Waals surface area (Å²) in [6, 6.07) is 12.8. The summed E-state index contributed by atoms with van der Waals surface area (Å²) in [4.78, 5) is 24.1. The van der Waals surface area contributed by atoms with Crippen molar-refractivity contribution in [3.8, 4) is 0 Å². The first-order valence-electron chi connectivity index (χ1n) is 8.49. The van der Waals surface area contributed by atoms with Crippen LogP contribution in [0.2, 0.25) is 5.02 Å². The molecule has 0 saturated carbocycles. The Labute approximate surface area is 160 Å². The molecule has 0 spiro atoms. The number of aryl methyl sites for hydroxylation is 1. The highest BCUT2D eigenvalue weighted by molar-refractivity contribution is 6.30. The number of carbonyl (C=O) groups excluding carboxylic acids is 1. The van der Waals surface area contributed by atoms with Crippen LogP contribution in [0.1, 0.15) is 33.3 Å². The summed E-state index contributed by atoms with van der Waals surface area (Å²) in [6.45, 7) is 2.25. The van der Waals surface area contributed by atoms with Crippen molar-refractivity contribution in [3.63, 3.8) is 0 Å². The molecule has 6 nitrogen and oxygen atoms in total. The van der Waals surface area contributed by atoms with Crippen molar-refractivity contribution >= 4 is 28.6 Å². The summed E-state index contributed by atoms with van der Waals surface area (Å²) in [6.07, 6.45) is 2.29. The highest BCUT2D eigenvalue weighted by Crippen LogP contribution is 2.20. The number of aromatic nitrogens is 3.